The molecule has 0 saturated carbocycles. The smallest absolute Gasteiger partial charge is 0.234 e. The molecule has 4 nitrogen and oxygen atoms in total. The van der Waals surface area contributed by atoms with Gasteiger partial charge in [0.15, 0.2) is 0 Å². The number of carbonyl (C=O) groups excluding carboxylic acids is 1. The number of benzene rings is 1. The van der Waals surface area contributed by atoms with Crippen LogP contribution in [0.5, 0.6) is 0 Å². The van der Waals surface area contributed by atoms with Crippen LogP contribution >= 0.6 is 11.8 Å². The molecule has 0 aliphatic carbocycles. The zero-order valence-electron chi connectivity index (χ0n) is 11.9. The molecule has 1 heterocycles. The van der Waals surface area contributed by atoms with Crippen LogP contribution < -0.4 is 5.32 Å². The predicted octanol–water partition coefficient (Wildman–Crippen LogP) is 3.30. The molecule has 0 unspecified atom stereocenters. The van der Waals surface area contributed by atoms with Crippen molar-refractivity contribution in [2.45, 2.75) is 18.9 Å². The number of anilines is 1. The van der Waals surface area contributed by atoms with E-state index in [4.69, 9.17) is 5.26 Å². The standard InChI is InChI=1S/C16H15N3OS/c1-11-5-3-7-14(12(11)2)19-15(20)10-21-16-13(9-17)6-4-8-18-16/h3-8H,10H2,1-2H3,(H,19,20). The van der Waals surface area contributed by atoms with Crippen LogP contribution in [0.4, 0.5) is 5.69 Å². The molecule has 0 aliphatic rings. The molecule has 0 bridgehead atoms. The number of rotatable bonds is 4. The lowest BCUT2D eigenvalue weighted by Crippen LogP contribution is -2.15. The molecule has 0 fully saturated rings. The zero-order valence-corrected chi connectivity index (χ0v) is 12.7. The van der Waals surface area contributed by atoms with Crippen LogP contribution in [0.15, 0.2) is 41.6 Å². The Kier molecular flexibility index (Phi) is 4.96. The first-order chi connectivity index (χ1) is 10.1. The summed E-state index contributed by atoms with van der Waals surface area (Å²) < 4.78 is 0. The molecule has 106 valence electrons. The van der Waals surface area contributed by atoms with Gasteiger partial charge in [0.2, 0.25) is 5.91 Å². The van der Waals surface area contributed by atoms with Gasteiger partial charge in [-0.1, -0.05) is 23.9 Å². The number of amides is 1. The van der Waals surface area contributed by atoms with E-state index in [1.807, 2.05) is 32.0 Å². The van der Waals surface area contributed by atoms with Crippen molar-refractivity contribution >= 4 is 23.4 Å². The fraction of sp³-hybridized carbons (Fsp3) is 0.188. The molecule has 1 amide bonds. The summed E-state index contributed by atoms with van der Waals surface area (Å²) in [6.07, 6.45) is 1.62. The second kappa shape index (κ2) is 6.91. The summed E-state index contributed by atoms with van der Waals surface area (Å²) in [5.41, 5.74) is 3.51. The van der Waals surface area contributed by atoms with Gasteiger partial charge in [-0.25, -0.2) is 4.98 Å². The average Bonchev–Trinajstić information content (AvgIpc) is 2.50. The van der Waals surface area contributed by atoms with E-state index in [9.17, 15) is 4.79 Å². The summed E-state index contributed by atoms with van der Waals surface area (Å²) >= 11 is 1.26. The van der Waals surface area contributed by atoms with Crippen molar-refractivity contribution in [2.75, 3.05) is 11.1 Å². The number of hydrogen-bond acceptors (Lipinski definition) is 4. The lowest BCUT2D eigenvalue weighted by atomic mass is 10.1. The number of hydrogen-bond donors (Lipinski definition) is 1. The van der Waals surface area contributed by atoms with E-state index in [0.29, 0.717) is 10.6 Å². The van der Waals surface area contributed by atoms with Crippen molar-refractivity contribution < 1.29 is 4.79 Å². The van der Waals surface area contributed by atoms with Crippen LogP contribution in [0.25, 0.3) is 0 Å². The topological polar surface area (TPSA) is 65.8 Å². The van der Waals surface area contributed by atoms with E-state index < -0.39 is 0 Å². The maximum absolute atomic E-state index is 12.0. The normalized spacial score (nSPS) is 9.95. The minimum Gasteiger partial charge on any atom is -0.325 e. The van der Waals surface area contributed by atoms with Crippen molar-refractivity contribution in [3.63, 3.8) is 0 Å². The number of pyridine rings is 1. The highest BCUT2D eigenvalue weighted by Gasteiger charge is 2.09. The molecule has 0 spiro atoms. The molecule has 2 rings (SSSR count). The summed E-state index contributed by atoms with van der Waals surface area (Å²) in [5.74, 6) is 0.113. The SMILES string of the molecule is Cc1cccc(NC(=O)CSc2ncccc2C#N)c1C. The van der Waals surface area contributed by atoms with Crippen molar-refractivity contribution in [1.29, 1.82) is 5.26 Å². The van der Waals surface area contributed by atoms with Crippen molar-refractivity contribution in [3.05, 3.63) is 53.2 Å². The third-order valence-corrected chi connectivity index (χ3v) is 4.12. The van der Waals surface area contributed by atoms with Gasteiger partial charge in [-0.3, -0.25) is 4.79 Å². The average molecular weight is 297 g/mol. The second-order valence-corrected chi connectivity index (χ2v) is 5.52. The summed E-state index contributed by atoms with van der Waals surface area (Å²) in [4.78, 5) is 16.1. The number of nitrogens with one attached hydrogen (secondary N) is 1. The summed E-state index contributed by atoms with van der Waals surface area (Å²) in [7, 11) is 0. The Morgan fingerprint density at radius 3 is 2.90 bits per heavy atom. The Morgan fingerprint density at radius 2 is 2.14 bits per heavy atom. The lowest BCUT2D eigenvalue weighted by Gasteiger charge is -2.10. The molecule has 0 saturated heterocycles. The fourth-order valence-electron chi connectivity index (χ4n) is 1.80. The quantitative estimate of drug-likeness (QED) is 0.879. The largest absolute Gasteiger partial charge is 0.325 e. The van der Waals surface area contributed by atoms with Crippen molar-refractivity contribution in [3.8, 4) is 6.07 Å². The second-order valence-electron chi connectivity index (χ2n) is 4.55. The number of carbonyl (C=O) groups is 1. The van der Waals surface area contributed by atoms with E-state index in [1.165, 1.54) is 11.8 Å². The Bertz CT molecular complexity index is 707. The highest BCUT2D eigenvalue weighted by atomic mass is 32.2. The minimum absolute atomic E-state index is 0.108. The third kappa shape index (κ3) is 3.83. The van der Waals surface area contributed by atoms with E-state index >= 15 is 0 Å². The van der Waals surface area contributed by atoms with Gasteiger partial charge >= 0.3 is 0 Å². The van der Waals surface area contributed by atoms with Crippen LogP contribution in [0.1, 0.15) is 16.7 Å². The van der Waals surface area contributed by atoms with Crippen molar-refractivity contribution in [2.24, 2.45) is 0 Å². The monoisotopic (exact) mass is 297 g/mol. The number of nitriles is 1. The highest BCUT2D eigenvalue weighted by Crippen LogP contribution is 2.21. The van der Waals surface area contributed by atoms with Crippen LogP contribution in [0, 0.1) is 25.2 Å². The molecule has 2 aromatic rings. The number of thioether (sulfide) groups is 1. The van der Waals surface area contributed by atoms with E-state index in [0.717, 1.165) is 16.8 Å². The molecule has 1 N–H and O–H groups in total. The predicted molar refractivity (Wildman–Crippen MR) is 84.2 cm³/mol. The van der Waals surface area contributed by atoms with Gasteiger partial charge in [0.1, 0.15) is 11.1 Å². The Hall–Kier alpha value is -2.32. The van der Waals surface area contributed by atoms with E-state index in [1.54, 1.807) is 18.3 Å². The number of nitrogens with zero attached hydrogens (tertiary/aromatic N) is 2. The van der Waals surface area contributed by atoms with Gasteiger partial charge in [0, 0.05) is 11.9 Å². The van der Waals surface area contributed by atoms with Gasteiger partial charge in [-0.2, -0.15) is 5.26 Å². The number of aryl methyl sites for hydroxylation is 1. The van der Waals surface area contributed by atoms with Gasteiger partial charge < -0.3 is 5.32 Å². The molecular formula is C16H15N3OS. The van der Waals surface area contributed by atoms with Gasteiger partial charge in [0.25, 0.3) is 0 Å². The molecule has 5 heteroatoms. The first kappa shape index (κ1) is 15.1. The lowest BCUT2D eigenvalue weighted by molar-refractivity contribution is -0.113. The van der Waals surface area contributed by atoms with Crippen LogP contribution in [-0.2, 0) is 4.79 Å². The summed E-state index contributed by atoms with van der Waals surface area (Å²) in [6, 6.07) is 11.3. The molecule has 21 heavy (non-hydrogen) atoms. The van der Waals surface area contributed by atoms with E-state index in [2.05, 4.69) is 16.4 Å². The number of aromatic nitrogens is 1. The minimum atomic E-state index is -0.108. The van der Waals surface area contributed by atoms with Crippen LogP contribution in [0.3, 0.4) is 0 Å². The zero-order chi connectivity index (χ0) is 15.2. The Balaban J connectivity index is 2.00. The maximum atomic E-state index is 12.0. The summed E-state index contributed by atoms with van der Waals surface area (Å²) in [6.45, 7) is 3.98. The van der Waals surface area contributed by atoms with Gasteiger partial charge in [-0.05, 0) is 43.2 Å². The molecular weight excluding hydrogens is 282 g/mol. The molecule has 0 radical (unpaired) electrons. The van der Waals surface area contributed by atoms with E-state index in [-0.39, 0.29) is 11.7 Å². The van der Waals surface area contributed by atoms with Crippen LogP contribution in [0.2, 0.25) is 0 Å². The summed E-state index contributed by atoms with van der Waals surface area (Å²) in [5, 5.41) is 12.4. The third-order valence-electron chi connectivity index (χ3n) is 3.11. The Labute approximate surface area is 128 Å². The first-order valence-corrected chi connectivity index (χ1v) is 7.44. The maximum Gasteiger partial charge on any atom is 0.234 e. The Morgan fingerprint density at radius 1 is 1.33 bits per heavy atom. The van der Waals surface area contributed by atoms with Gasteiger partial charge in [-0.15, -0.1) is 0 Å². The molecule has 0 atom stereocenters. The highest BCUT2D eigenvalue weighted by molar-refractivity contribution is 8.00. The molecule has 0 aliphatic heterocycles. The van der Waals surface area contributed by atoms with Crippen LogP contribution in [-0.4, -0.2) is 16.6 Å². The van der Waals surface area contributed by atoms with Gasteiger partial charge in [0.05, 0.1) is 11.3 Å². The molecule has 1 aromatic carbocycles. The molecule has 1 aromatic heterocycles. The van der Waals surface area contributed by atoms with Crippen molar-refractivity contribution in [1.82, 2.24) is 4.98 Å². The first-order valence-electron chi connectivity index (χ1n) is 6.46. The fourth-order valence-corrected chi connectivity index (χ4v) is 2.54.